The highest BCUT2D eigenvalue weighted by Gasteiger charge is 2.09. The first-order valence-corrected chi connectivity index (χ1v) is 8.83. The minimum absolute atomic E-state index is 0.243. The van der Waals surface area contributed by atoms with Crippen molar-refractivity contribution in [1.82, 2.24) is 15.3 Å². The van der Waals surface area contributed by atoms with Gasteiger partial charge in [-0.15, -0.1) is 0 Å². The molecule has 0 radical (unpaired) electrons. The number of amides is 1. The van der Waals surface area contributed by atoms with Crippen molar-refractivity contribution < 1.29 is 9.53 Å². The van der Waals surface area contributed by atoms with Gasteiger partial charge < -0.3 is 20.3 Å². The zero-order valence-corrected chi connectivity index (χ0v) is 16.1. The van der Waals surface area contributed by atoms with Gasteiger partial charge in [0.15, 0.2) is 0 Å². The molecule has 1 aromatic heterocycles. The number of carbonyl (C=O) groups is 1. The standard InChI is InChI=1S/C21H23N5O2/c1-26(2)18-10-8-17(9-11-18)25-21-23-13-16(14-24-21)20(27)22-12-15-6-4-5-7-19(15)28-3/h4-11,13-14H,12H2,1-3H3,(H,22,27)(H,23,24,25). The molecule has 0 aliphatic heterocycles. The fraction of sp³-hybridized carbons (Fsp3) is 0.190. The Kier molecular flexibility index (Phi) is 6.06. The summed E-state index contributed by atoms with van der Waals surface area (Å²) >= 11 is 0. The number of hydrogen-bond acceptors (Lipinski definition) is 6. The van der Waals surface area contributed by atoms with Crippen molar-refractivity contribution in [3.05, 3.63) is 72.1 Å². The summed E-state index contributed by atoms with van der Waals surface area (Å²) in [6.07, 6.45) is 3.00. The molecule has 3 rings (SSSR count). The number of benzene rings is 2. The topological polar surface area (TPSA) is 79.4 Å². The lowest BCUT2D eigenvalue weighted by Crippen LogP contribution is -2.23. The molecule has 28 heavy (non-hydrogen) atoms. The minimum atomic E-state index is -0.243. The highest BCUT2D eigenvalue weighted by atomic mass is 16.5. The zero-order valence-electron chi connectivity index (χ0n) is 16.1. The summed E-state index contributed by atoms with van der Waals surface area (Å²) in [5.74, 6) is 0.922. The van der Waals surface area contributed by atoms with Gasteiger partial charge in [0.2, 0.25) is 5.95 Å². The highest BCUT2D eigenvalue weighted by Crippen LogP contribution is 2.18. The van der Waals surface area contributed by atoms with Crippen LogP contribution in [0.4, 0.5) is 17.3 Å². The summed E-state index contributed by atoms with van der Waals surface area (Å²) in [6, 6.07) is 15.5. The number of rotatable bonds is 7. The van der Waals surface area contributed by atoms with Crippen molar-refractivity contribution in [2.24, 2.45) is 0 Å². The van der Waals surface area contributed by atoms with E-state index >= 15 is 0 Å². The van der Waals surface area contributed by atoms with Crippen LogP contribution in [0, 0.1) is 0 Å². The Morgan fingerprint density at radius 3 is 2.36 bits per heavy atom. The smallest absolute Gasteiger partial charge is 0.254 e. The molecular formula is C21H23N5O2. The Morgan fingerprint density at radius 2 is 1.71 bits per heavy atom. The molecule has 144 valence electrons. The summed E-state index contributed by atoms with van der Waals surface area (Å²) in [5.41, 5.74) is 3.27. The third kappa shape index (κ3) is 4.76. The Hall–Kier alpha value is -3.61. The van der Waals surface area contributed by atoms with E-state index in [1.807, 2.05) is 67.5 Å². The van der Waals surface area contributed by atoms with Crippen LogP contribution < -0.4 is 20.3 Å². The zero-order chi connectivity index (χ0) is 19.9. The van der Waals surface area contributed by atoms with Crippen molar-refractivity contribution in [3.8, 4) is 5.75 Å². The van der Waals surface area contributed by atoms with E-state index in [9.17, 15) is 4.79 Å². The van der Waals surface area contributed by atoms with Gasteiger partial charge in [-0.2, -0.15) is 0 Å². The van der Waals surface area contributed by atoms with Gasteiger partial charge in [-0.1, -0.05) is 18.2 Å². The van der Waals surface area contributed by atoms with E-state index in [4.69, 9.17) is 4.74 Å². The van der Waals surface area contributed by atoms with E-state index in [2.05, 4.69) is 20.6 Å². The number of carbonyl (C=O) groups excluding carboxylic acids is 1. The predicted octanol–water partition coefficient (Wildman–Crippen LogP) is 3.22. The third-order valence-corrected chi connectivity index (χ3v) is 4.19. The molecule has 2 aromatic carbocycles. The molecule has 0 saturated heterocycles. The van der Waals surface area contributed by atoms with E-state index in [0.717, 1.165) is 22.7 Å². The molecule has 0 aliphatic carbocycles. The maximum Gasteiger partial charge on any atom is 0.254 e. The van der Waals surface area contributed by atoms with Crippen molar-refractivity contribution in [1.29, 1.82) is 0 Å². The summed E-state index contributed by atoms with van der Waals surface area (Å²) in [6.45, 7) is 0.362. The van der Waals surface area contributed by atoms with Crippen LogP contribution in [-0.2, 0) is 6.54 Å². The summed E-state index contributed by atoms with van der Waals surface area (Å²) in [7, 11) is 5.58. The first-order chi connectivity index (χ1) is 13.6. The molecule has 7 nitrogen and oxygen atoms in total. The molecule has 7 heteroatoms. The average Bonchev–Trinajstić information content (AvgIpc) is 2.73. The Morgan fingerprint density at radius 1 is 1.04 bits per heavy atom. The van der Waals surface area contributed by atoms with Crippen molar-refractivity contribution in [3.63, 3.8) is 0 Å². The van der Waals surface area contributed by atoms with Gasteiger partial charge in [-0.25, -0.2) is 9.97 Å². The van der Waals surface area contributed by atoms with E-state index in [1.165, 1.54) is 12.4 Å². The fourth-order valence-corrected chi connectivity index (χ4v) is 2.61. The van der Waals surface area contributed by atoms with Gasteiger partial charge in [0.25, 0.3) is 5.91 Å². The monoisotopic (exact) mass is 377 g/mol. The number of ether oxygens (including phenoxy) is 1. The third-order valence-electron chi connectivity index (χ3n) is 4.19. The van der Waals surface area contributed by atoms with Crippen molar-refractivity contribution in [2.75, 3.05) is 31.4 Å². The maximum atomic E-state index is 12.3. The van der Waals surface area contributed by atoms with Gasteiger partial charge in [-0.3, -0.25) is 4.79 Å². The molecule has 0 aliphatic rings. The van der Waals surface area contributed by atoms with Crippen LogP contribution in [0.1, 0.15) is 15.9 Å². The van der Waals surface area contributed by atoms with Gasteiger partial charge in [0.05, 0.1) is 12.7 Å². The summed E-state index contributed by atoms with van der Waals surface area (Å²) in [5, 5.41) is 5.97. The molecule has 0 atom stereocenters. The number of nitrogens with one attached hydrogen (secondary N) is 2. The Labute approximate surface area is 164 Å². The lowest BCUT2D eigenvalue weighted by atomic mass is 10.2. The molecule has 3 aromatic rings. The summed E-state index contributed by atoms with van der Waals surface area (Å²) < 4.78 is 5.29. The van der Waals surface area contributed by atoms with E-state index < -0.39 is 0 Å². The van der Waals surface area contributed by atoms with E-state index in [0.29, 0.717) is 18.1 Å². The molecule has 2 N–H and O–H groups in total. The van der Waals surface area contributed by atoms with Crippen LogP contribution in [0.15, 0.2) is 60.9 Å². The molecular weight excluding hydrogens is 354 g/mol. The number of anilines is 3. The normalized spacial score (nSPS) is 10.2. The Balaban J connectivity index is 1.59. The SMILES string of the molecule is COc1ccccc1CNC(=O)c1cnc(Nc2ccc(N(C)C)cc2)nc1. The van der Waals surface area contributed by atoms with Crippen LogP contribution in [-0.4, -0.2) is 37.1 Å². The molecule has 0 saturated carbocycles. The minimum Gasteiger partial charge on any atom is -0.496 e. The van der Waals surface area contributed by atoms with Gasteiger partial charge in [0, 0.05) is 50.0 Å². The second-order valence-electron chi connectivity index (χ2n) is 6.36. The van der Waals surface area contributed by atoms with Crippen LogP contribution >= 0.6 is 0 Å². The molecule has 0 unspecified atom stereocenters. The quantitative estimate of drug-likeness (QED) is 0.658. The maximum absolute atomic E-state index is 12.3. The van der Waals surface area contributed by atoms with Crippen molar-refractivity contribution >= 4 is 23.2 Å². The van der Waals surface area contributed by atoms with Gasteiger partial charge in [0.1, 0.15) is 5.75 Å². The number of methoxy groups -OCH3 is 1. The van der Waals surface area contributed by atoms with Gasteiger partial charge >= 0.3 is 0 Å². The fourth-order valence-electron chi connectivity index (χ4n) is 2.61. The van der Waals surface area contributed by atoms with Crippen LogP contribution in [0.2, 0.25) is 0 Å². The molecule has 0 bridgehead atoms. The number of para-hydroxylation sites is 1. The molecule has 1 amide bonds. The van der Waals surface area contributed by atoms with Gasteiger partial charge in [-0.05, 0) is 30.3 Å². The van der Waals surface area contributed by atoms with Crippen LogP contribution in [0.5, 0.6) is 5.75 Å². The van der Waals surface area contributed by atoms with E-state index in [1.54, 1.807) is 7.11 Å². The van der Waals surface area contributed by atoms with Crippen molar-refractivity contribution in [2.45, 2.75) is 6.54 Å². The van der Waals surface area contributed by atoms with E-state index in [-0.39, 0.29) is 5.91 Å². The number of aromatic nitrogens is 2. The second-order valence-corrected chi connectivity index (χ2v) is 6.36. The van der Waals surface area contributed by atoms with Crippen LogP contribution in [0.25, 0.3) is 0 Å². The first kappa shape index (κ1) is 19.2. The first-order valence-electron chi connectivity index (χ1n) is 8.83. The number of hydrogen-bond donors (Lipinski definition) is 2. The molecule has 1 heterocycles. The average molecular weight is 377 g/mol. The lowest BCUT2D eigenvalue weighted by Gasteiger charge is -2.13. The largest absolute Gasteiger partial charge is 0.496 e. The molecule has 0 fully saturated rings. The molecule has 0 spiro atoms. The predicted molar refractivity (Wildman–Crippen MR) is 110 cm³/mol. The lowest BCUT2D eigenvalue weighted by molar-refractivity contribution is 0.0950. The second kappa shape index (κ2) is 8.85. The highest BCUT2D eigenvalue weighted by molar-refractivity contribution is 5.93. The Bertz CT molecular complexity index is 924. The van der Waals surface area contributed by atoms with Crippen LogP contribution in [0.3, 0.4) is 0 Å². The summed E-state index contributed by atoms with van der Waals surface area (Å²) in [4.78, 5) is 22.8. The number of nitrogens with zero attached hydrogens (tertiary/aromatic N) is 3.